The van der Waals surface area contributed by atoms with Crippen molar-refractivity contribution in [1.82, 2.24) is 4.90 Å². The molecule has 2 aromatic carbocycles. The molecule has 1 saturated heterocycles. The molecular weight excluding hydrogens is 282 g/mol. The summed E-state index contributed by atoms with van der Waals surface area (Å²) in [5, 5.41) is 0. The van der Waals surface area contributed by atoms with E-state index in [2.05, 4.69) is 60.7 Å². The van der Waals surface area contributed by atoms with Crippen LogP contribution in [-0.2, 0) is 4.79 Å². The highest BCUT2D eigenvalue weighted by Gasteiger charge is 2.34. The fourth-order valence-corrected chi connectivity index (χ4v) is 3.99. The van der Waals surface area contributed by atoms with Crippen LogP contribution in [0, 0.1) is 0 Å². The van der Waals surface area contributed by atoms with Crippen molar-refractivity contribution in [2.45, 2.75) is 31.6 Å². The Morgan fingerprint density at radius 3 is 2.00 bits per heavy atom. The molecule has 2 aliphatic heterocycles. The number of hydrogen-bond acceptors (Lipinski definition) is 1. The summed E-state index contributed by atoms with van der Waals surface area (Å²) in [6.07, 6.45) is 3.73. The lowest BCUT2D eigenvalue weighted by Crippen LogP contribution is -2.31. The first kappa shape index (κ1) is 14.3. The predicted molar refractivity (Wildman–Crippen MR) is 91.9 cm³/mol. The topological polar surface area (TPSA) is 20.3 Å². The fourth-order valence-electron chi connectivity index (χ4n) is 3.99. The van der Waals surface area contributed by atoms with Gasteiger partial charge in [0.1, 0.15) is 0 Å². The Morgan fingerprint density at radius 1 is 0.783 bits per heavy atom. The summed E-state index contributed by atoms with van der Waals surface area (Å²) in [7, 11) is 0. The van der Waals surface area contributed by atoms with Gasteiger partial charge in [0, 0.05) is 24.6 Å². The van der Waals surface area contributed by atoms with E-state index in [1.165, 1.54) is 22.4 Å². The number of allylic oxidation sites excluding steroid dienone is 1. The van der Waals surface area contributed by atoms with E-state index >= 15 is 0 Å². The van der Waals surface area contributed by atoms with Crippen molar-refractivity contribution in [2.24, 2.45) is 0 Å². The Labute approximate surface area is 137 Å². The minimum atomic E-state index is 0.267. The van der Waals surface area contributed by atoms with Gasteiger partial charge >= 0.3 is 0 Å². The molecule has 2 aliphatic rings. The third-order valence-electron chi connectivity index (χ3n) is 5.02. The van der Waals surface area contributed by atoms with E-state index in [1.54, 1.807) is 0 Å². The van der Waals surface area contributed by atoms with Gasteiger partial charge in [-0.15, -0.1) is 0 Å². The molecule has 0 bridgehead atoms. The minimum absolute atomic E-state index is 0.267. The van der Waals surface area contributed by atoms with Crippen LogP contribution in [0.2, 0.25) is 0 Å². The van der Waals surface area contributed by atoms with Crippen molar-refractivity contribution in [3.8, 4) is 0 Å². The minimum Gasteiger partial charge on any atom is -0.316 e. The molecular formula is C21H21NO. The summed E-state index contributed by atoms with van der Waals surface area (Å²) in [5.41, 5.74) is 5.37. The van der Waals surface area contributed by atoms with Crippen LogP contribution in [-0.4, -0.2) is 17.4 Å². The van der Waals surface area contributed by atoms with E-state index in [0.29, 0.717) is 12.3 Å². The molecule has 1 amide bonds. The normalized spacial score (nSPS) is 17.8. The van der Waals surface area contributed by atoms with Gasteiger partial charge in [0.05, 0.1) is 0 Å². The molecule has 116 valence electrons. The molecule has 0 aromatic heterocycles. The second-order valence-corrected chi connectivity index (χ2v) is 6.38. The Balaban J connectivity index is 1.83. The maximum atomic E-state index is 12.2. The highest BCUT2D eigenvalue weighted by Crippen LogP contribution is 2.42. The summed E-state index contributed by atoms with van der Waals surface area (Å²) in [4.78, 5) is 14.2. The maximum absolute atomic E-state index is 12.2. The van der Waals surface area contributed by atoms with Gasteiger partial charge in [-0.25, -0.2) is 0 Å². The molecule has 2 nitrogen and oxygen atoms in total. The number of piperidine rings is 1. The van der Waals surface area contributed by atoms with E-state index in [1.807, 2.05) is 4.90 Å². The van der Waals surface area contributed by atoms with Gasteiger partial charge in [0.2, 0.25) is 5.91 Å². The Hall–Kier alpha value is -2.35. The second kappa shape index (κ2) is 6.04. The van der Waals surface area contributed by atoms with Gasteiger partial charge in [-0.05, 0) is 36.0 Å². The van der Waals surface area contributed by atoms with Gasteiger partial charge in [0.15, 0.2) is 0 Å². The van der Waals surface area contributed by atoms with Gasteiger partial charge in [-0.1, -0.05) is 60.7 Å². The highest BCUT2D eigenvalue weighted by atomic mass is 16.2. The number of fused-ring (bicyclic) bond motifs is 1. The number of benzene rings is 2. The zero-order valence-electron chi connectivity index (χ0n) is 13.2. The molecule has 0 radical (unpaired) electrons. The van der Waals surface area contributed by atoms with Crippen molar-refractivity contribution >= 4 is 5.91 Å². The molecule has 2 heterocycles. The Bertz CT molecular complexity index is 693. The largest absolute Gasteiger partial charge is 0.316 e. The summed E-state index contributed by atoms with van der Waals surface area (Å²) in [5.74, 6) is 0.574. The summed E-state index contributed by atoms with van der Waals surface area (Å²) >= 11 is 0. The SMILES string of the molecule is O=C1CCCC2=C(C(c3ccccc3)c3ccccc3)CCN12. The van der Waals surface area contributed by atoms with E-state index in [9.17, 15) is 4.79 Å². The summed E-state index contributed by atoms with van der Waals surface area (Å²) in [6.45, 7) is 0.861. The molecule has 0 atom stereocenters. The first-order chi connectivity index (χ1) is 11.3. The van der Waals surface area contributed by atoms with Crippen LogP contribution in [0.1, 0.15) is 42.7 Å². The van der Waals surface area contributed by atoms with Gasteiger partial charge < -0.3 is 4.90 Å². The Morgan fingerprint density at radius 2 is 1.39 bits per heavy atom. The molecule has 0 N–H and O–H groups in total. The van der Waals surface area contributed by atoms with Gasteiger partial charge in [-0.3, -0.25) is 4.79 Å². The third kappa shape index (κ3) is 2.59. The maximum Gasteiger partial charge on any atom is 0.226 e. The first-order valence-corrected chi connectivity index (χ1v) is 8.47. The smallest absolute Gasteiger partial charge is 0.226 e. The summed E-state index contributed by atoms with van der Waals surface area (Å²) in [6, 6.07) is 21.4. The number of carbonyl (C=O) groups is 1. The molecule has 0 unspecified atom stereocenters. The third-order valence-corrected chi connectivity index (χ3v) is 5.02. The monoisotopic (exact) mass is 303 g/mol. The van der Waals surface area contributed by atoms with Gasteiger partial charge in [-0.2, -0.15) is 0 Å². The fraction of sp³-hybridized carbons (Fsp3) is 0.286. The van der Waals surface area contributed by atoms with E-state index in [4.69, 9.17) is 0 Å². The molecule has 4 rings (SSSR count). The molecule has 1 fully saturated rings. The van der Waals surface area contributed by atoms with Crippen LogP contribution >= 0.6 is 0 Å². The van der Waals surface area contributed by atoms with Crippen LogP contribution in [0.15, 0.2) is 71.9 Å². The standard InChI is InChI=1S/C21H21NO/c23-20-13-7-12-19-18(14-15-22(19)20)21(16-8-3-1-4-9-16)17-10-5-2-6-11-17/h1-6,8-11,21H,7,12-15H2. The lowest BCUT2D eigenvalue weighted by Gasteiger charge is -2.27. The Kier molecular flexibility index (Phi) is 3.74. The zero-order chi connectivity index (χ0) is 15.6. The average molecular weight is 303 g/mol. The van der Waals surface area contributed by atoms with Crippen molar-refractivity contribution in [1.29, 1.82) is 0 Å². The van der Waals surface area contributed by atoms with E-state index in [0.717, 1.165) is 25.8 Å². The molecule has 0 aliphatic carbocycles. The highest BCUT2D eigenvalue weighted by molar-refractivity contribution is 5.80. The van der Waals surface area contributed by atoms with E-state index < -0.39 is 0 Å². The van der Waals surface area contributed by atoms with Crippen LogP contribution in [0.5, 0.6) is 0 Å². The first-order valence-electron chi connectivity index (χ1n) is 8.47. The zero-order valence-corrected chi connectivity index (χ0v) is 13.2. The lowest BCUT2D eigenvalue weighted by atomic mass is 9.82. The van der Waals surface area contributed by atoms with Crippen LogP contribution in [0.25, 0.3) is 0 Å². The molecule has 0 saturated carbocycles. The van der Waals surface area contributed by atoms with Crippen LogP contribution in [0.4, 0.5) is 0 Å². The van der Waals surface area contributed by atoms with Crippen molar-refractivity contribution in [3.05, 3.63) is 83.1 Å². The number of hydrogen-bond donors (Lipinski definition) is 0. The predicted octanol–water partition coefficient (Wildman–Crippen LogP) is 4.49. The molecule has 0 spiro atoms. The van der Waals surface area contributed by atoms with Crippen molar-refractivity contribution < 1.29 is 4.79 Å². The van der Waals surface area contributed by atoms with Crippen LogP contribution in [0.3, 0.4) is 0 Å². The van der Waals surface area contributed by atoms with Crippen molar-refractivity contribution in [3.63, 3.8) is 0 Å². The molecule has 2 aromatic rings. The summed E-state index contributed by atoms with van der Waals surface area (Å²) < 4.78 is 0. The number of rotatable bonds is 3. The molecule has 23 heavy (non-hydrogen) atoms. The van der Waals surface area contributed by atoms with Crippen molar-refractivity contribution in [2.75, 3.05) is 6.54 Å². The van der Waals surface area contributed by atoms with Gasteiger partial charge in [0.25, 0.3) is 0 Å². The van der Waals surface area contributed by atoms with Crippen LogP contribution < -0.4 is 0 Å². The number of carbonyl (C=O) groups excluding carboxylic acids is 1. The number of nitrogens with zero attached hydrogens (tertiary/aromatic N) is 1. The second-order valence-electron chi connectivity index (χ2n) is 6.38. The molecule has 2 heteroatoms. The number of amides is 1. The van der Waals surface area contributed by atoms with E-state index in [-0.39, 0.29) is 5.92 Å². The quantitative estimate of drug-likeness (QED) is 0.818. The lowest BCUT2D eigenvalue weighted by molar-refractivity contribution is -0.130. The average Bonchev–Trinajstić information content (AvgIpc) is 3.03.